The van der Waals surface area contributed by atoms with Crippen molar-refractivity contribution in [3.63, 3.8) is 0 Å². The van der Waals surface area contributed by atoms with Crippen LogP contribution in [0.1, 0.15) is 68.7 Å². The molecule has 0 aliphatic carbocycles. The monoisotopic (exact) mass is 384 g/mol. The summed E-state index contributed by atoms with van der Waals surface area (Å²) in [4.78, 5) is 0. The zero-order chi connectivity index (χ0) is 20.8. The lowest BCUT2D eigenvalue weighted by Crippen LogP contribution is -2.59. The van der Waals surface area contributed by atoms with Crippen LogP contribution in [0.3, 0.4) is 0 Å². The summed E-state index contributed by atoms with van der Waals surface area (Å²) in [5, 5.41) is 2.79. The summed E-state index contributed by atoms with van der Waals surface area (Å²) in [6.07, 6.45) is 8.05. The van der Waals surface area contributed by atoms with Crippen molar-refractivity contribution in [1.82, 2.24) is 0 Å². The molecule has 1 nitrogen and oxygen atoms in total. The van der Waals surface area contributed by atoms with Gasteiger partial charge in [0.2, 0.25) is 5.69 Å². The van der Waals surface area contributed by atoms with E-state index in [9.17, 15) is 0 Å². The number of hydrogen-bond acceptors (Lipinski definition) is 0. The molecule has 1 aliphatic heterocycles. The number of fused-ring (bicyclic) bond motifs is 5. The van der Waals surface area contributed by atoms with Crippen molar-refractivity contribution >= 4 is 16.3 Å². The van der Waals surface area contributed by atoms with Crippen LogP contribution in [0.4, 0.5) is 0 Å². The fourth-order valence-corrected chi connectivity index (χ4v) is 5.26. The first kappa shape index (κ1) is 19.9. The minimum atomic E-state index is -0.0579. The molecule has 1 aliphatic rings. The van der Waals surface area contributed by atoms with Gasteiger partial charge in [-0.25, -0.2) is 0 Å². The van der Waals surface area contributed by atoms with Crippen LogP contribution in [0.5, 0.6) is 0 Å². The lowest BCUT2D eigenvalue weighted by atomic mass is 9.74. The van der Waals surface area contributed by atoms with E-state index < -0.39 is 0 Å². The maximum absolute atomic E-state index is 4.64. The Kier molecular flexibility index (Phi) is 5.11. The molecule has 29 heavy (non-hydrogen) atoms. The summed E-state index contributed by atoms with van der Waals surface area (Å²) in [6, 6.07) is 14.0. The van der Waals surface area contributed by atoms with Crippen LogP contribution in [-0.2, 0) is 12.0 Å². The van der Waals surface area contributed by atoms with Gasteiger partial charge in [0, 0.05) is 24.5 Å². The number of aryl methyl sites for hydroxylation is 3. The first-order chi connectivity index (χ1) is 14.0. The van der Waals surface area contributed by atoms with Crippen LogP contribution < -0.4 is 4.57 Å². The van der Waals surface area contributed by atoms with Crippen molar-refractivity contribution in [2.75, 3.05) is 0 Å². The quantitative estimate of drug-likeness (QED) is 0.406. The van der Waals surface area contributed by atoms with Crippen molar-refractivity contribution in [2.45, 2.75) is 72.3 Å². The normalized spacial score (nSPS) is 14.7. The van der Waals surface area contributed by atoms with Gasteiger partial charge in [0.25, 0.3) is 0 Å². The standard InChI is InChI=1S/C28H34N/c1-7-10-12-22-13-11-14-24-23(22)15-16-29-27(24)26-18-20(5)19(4)17-25(26)21(6)28(29,8-2)9-3/h11,13-18H,6-10,12H2,1-5H3/q+1. The second-order valence-electron chi connectivity index (χ2n) is 8.72. The number of nitrogens with zero attached hydrogens (tertiary/aromatic N) is 1. The second kappa shape index (κ2) is 7.44. The SMILES string of the molecule is C=C1c2cc(C)c(C)cc2-c2c3cccc(CCCC)c3cc[n+]2C1(CC)CC. The summed E-state index contributed by atoms with van der Waals surface area (Å²) in [6.45, 7) is 16.0. The third kappa shape index (κ3) is 2.86. The minimum absolute atomic E-state index is 0.0579. The molecule has 1 heteroatoms. The molecule has 0 spiro atoms. The van der Waals surface area contributed by atoms with Gasteiger partial charge in [-0.15, -0.1) is 0 Å². The highest BCUT2D eigenvalue weighted by Crippen LogP contribution is 2.46. The van der Waals surface area contributed by atoms with Gasteiger partial charge in [-0.05, 0) is 66.5 Å². The zero-order valence-electron chi connectivity index (χ0n) is 18.7. The Morgan fingerprint density at radius 1 is 0.897 bits per heavy atom. The molecular formula is C28H34N+. The smallest absolute Gasteiger partial charge is 0.188 e. The van der Waals surface area contributed by atoms with E-state index in [4.69, 9.17) is 0 Å². The van der Waals surface area contributed by atoms with E-state index in [2.05, 4.69) is 88.4 Å². The molecule has 0 unspecified atom stereocenters. The van der Waals surface area contributed by atoms with Gasteiger partial charge in [0.15, 0.2) is 11.7 Å². The summed E-state index contributed by atoms with van der Waals surface area (Å²) in [5.74, 6) is 0. The van der Waals surface area contributed by atoms with E-state index in [1.807, 2.05) is 0 Å². The topological polar surface area (TPSA) is 3.88 Å². The molecule has 0 saturated carbocycles. The lowest BCUT2D eigenvalue weighted by molar-refractivity contribution is -0.740. The highest BCUT2D eigenvalue weighted by atomic mass is 15.1. The number of rotatable bonds is 5. The van der Waals surface area contributed by atoms with Gasteiger partial charge in [0.05, 0.1) is 10.9 Å². The van der Waals surface area contributed by atoms with Crippen molar-refractivity contribution in [3.8, 4) is 11.3 Å². The molecule has 3 aromatic rings. The molecule has 4 rings (SSSR count). The minimum Gasteiger partial charge on any atom is -0.188 e. The maximum Gasteiger partial charge on any atom is 0.221 e. The molecule has 0 fully saturated rings. The molecule has 2 heterocycles. The third-order valence-electron chi connectivity index (χ3n) is 7.29. The van der Waals surface area contributed by atoms with Gasteiger partial charge in [-0.3, -0.25) is 0 Å². The van der Waals surface area contributed by atoms with Crippen molar-refractivity contribution < 1.29 is 4.57 Å². The predicted molar refractivity (Wildman–Crippen MR) is 125 cm³/mol. The van der Waals surface area contributed by atoms with E-state index in [0.717, 1.165) is 19.3 Å². The molecule has 0 N–H and O–H groups in total. The van der Waals surface area contributed by atoms with Crippen molar-refractivity contribution in [2.24, 2.45) is 0 Å². The van der Waals surface area contributed by atoms with Crippen LogP contribution in [0.25, 0.3) is 27.6 Å². The number of pyridine rings is 1. The average molecular weight is 385 g/mol. The van der Waals surface area contributed by atoms with Crippen LogP contribution in [0.15, 0.2) is 49.2 Å². The van der Waals surface area contributed by atoms with E-state index >= 15 is 0 Å². The van der Waals surface area contributed by atoms with Crippen LogP contribution in [0, 0.1) is 13.8 Å². The third-order valence-corrected chi connectivity index (χ3v) is 7.29. The summed E-state index contributed by atoms with van der Waals surface area (Å²) in [5.41, 5.74) is 9.43. The Morgan fingerprint density at radius 3 is 2.24 bits per heavy atom. The number of hydrogen-bond donors (Lipinski definition) is 0. The molecule has 0 radical (unpaired) electrons. The van der Waals surface area contributed by atoms with Crippen LogP contribution in [-0.4, -0.2) is 0 Å². The molecule has 0 amide bonds. The average Bonchev–Trinajstić information content (AvgIpc) is 2.74. The molecule has 0 saturated heterocycles. The number of benzene rings is 2. The molecular weight excluding hydrogens is 350 g/mol. The highest BCUT2D eigenvalue weighted by Gasteiger charge is 2.47. The van der Waals surface area contributed by atoms with Gasteiger partial charge in [0.1, 0.15) is 0 Å². The van der Waals surface area contributed by atoms with Gasteiger partial charge >= 0.3 is 0 Å². The fourth-order valence-electron chi connectivity index (χ4n) is 5.26. The summed E-state index contributed by atoms with van der Waals surface area (Å²) >= 11 is 0. The van der Waals surface area contributed by atoms with E-state index in [1.54, 1.807) is 0 Å². The fraction of sp³-hybridized carbons (Fsp3) is 0.393. The Bertz CT molecular complexity index is 1100. The Hall–Kier alpha value is -2.41. The van der Waals surface area contributed by atoms with Crippen molar-refractivity contribution in [1.29, 1.82) is 0 Å². The maximum atomic E-state index is 4.64. The second-order valence-corrected chi connectivity index (χ2v) is 8.72. The summed E-state index contributed by atoms with van der Waals surface area (Å²) in [7, 11) is 0. The molecule has 0 atom stereocenters. The van der Waals surface area contributed by atoms with Crippen molar-refractivity contribution in [3.05, 3.63) is 71.4 Å². The Labute approximate surface area is 176 Å². The van der Waals surface area contributed by atoms with E-state index in [-0.39, 0.29) is 5.54 Å². The van der Waals surface area contributed by atoms with E-state index in [1.165, 1.54) is 62.7 Å². The Balaban J connectivity index is 2.12. The first-order valence-electron chi connectivity index (χ1n) is 11.3. The zero-order valence-corrected chi connectivity index (χ0v) is 18.7. The lowest BCUT2D eigenvalue weighted by Gasteiger charge is -2.35. The predicted octanol–water partition coefficient (Wildman–Crippen LogP) is 7.30. The van der Waals surface area contributed by atoms with Crippen LogP contribution in [0.2, 0.25) is 0 Å². The number of unbranched alkanes of at least 4 members (excludes halogenated alkanes) is 1. The number of aromatic nitrogens is 1. The van der Waals surface area contributed by atoms with E-state index in [0.29, 0.717) is 0 Å². The Morgan fingerprint density at radius 2 is 1.59 bits per heavy atom. The highest BCUT2D eigenvalue weighted by molar-refractivity contribution is 5.99. The number of allylic oxidation sites excluding steroid dienone is 1. The van der Waals surface area contributed by atoms with Gasteiger partial charge < -0.3 is 0 Å². The molecule has 2 aromatic carbocycles. The van der Waals surface area contributed by atoms with Crippen LogP contribution >= 0.6 is 0 Å². The molecule has 1 aromatic heterocycles. The summed E-state index contributed by atoms with van der Waals surface area (Å²) < 4.78 is 2.54. The van der Waals surface area contributed by atoms with Gasteiger partial charge in [-0.1, -0.05) is 52.0 Å². The van der Waals surface area contributed by atoms with Gasteiger partial charge in [-0.2, -0.15) is 4.57 Å². The first-order valence-corrected chi connectivity index (χ1v) is 11.3. The largest absolute Gasteiger partial charge is 0.221 e. The molecule has 0 bridgehead atoms. The molecule has 150 valence electrons.